The molecule has 8 heteroatoms. The third kappa shape index (κ3) is 3.22. The highest BCUT2D eigenvalue weighted by Crippen LogP contribution is 2.57. The molecule has 2 fully saturated rings. The molecule has 4 rings (SSSR count). The average Bonchev–Trinajstić information content (AvgIpc) is 3.00. The molecule has 0 saturated carbocycles. The Morgan fingerprint density at radius 1 is 1.16 bits per heavy atom. The first-order valence-electron chi connectivity index (χ1n) is 11.7. The van der Waals surface area contributed by atoms with Crippen molar-refractivity contribution in [1.29, 1.82) is 0 Å². The standard InChI is InChI=1S/C24H34N2O6/c1-5-6-11-25-12-7-10-24-17(18-22(30)31-13-8-9-23(18,4)32-24)20(28)26(19(24)21(25)29)16(14-27)15(2)3/h7-10,15-19,27H,5-6,11-14H2,1-4H3/t16-,17-,18+,19?,23-,24-/m0/s1. The van der Waals surface area contributed by atoms with Crippen molar-refractivity contribution in [3.8, 4) is 0 Å². The summed E-state index contributed by atoms with van der Waals surface area (Å²) in [6.07, 6.45) is 9.00. The van der Waals surface area contributed by atoms with E-state index in [9.17, 15) is 19.5 Å². The number of carbonyl (C=O) groups is 3. The van der Waals surface area contributed by atoms with Crippen LogP contribution in [0, 0.1) is 17.8 Å². The first-order chi connectivity index (χ1) is 15.2. The molecule has 0 radical (unpaired) electrons. The second-order valence-corrected chi connectivity index (χ2v) is 9.81. The summed E-state index contributed by atoms with van der Waals surface area (Å²) in [6.45, 7) is 8.51. The Labute approximate surface area is 189 Å². The summed E-state index contributed by atoms with van der Waals surface area (Å²) in [5.74, 6) is -2.88. The van der Waals surface area contributed by atoms with E-state index in [4.69, 9.17) is 9.47 Å². The lowest BCUT2D eigenvalue weighted by molar-refractivity contribution is -0.160. The zero-order valence-electron chi connectivity index (χ0n) is 19.3. The fourth-order valence-corrected chi connectivity index (χ4v) is 5.87. The lowest BCUT2D eigenvalue weighted by Gasteiger charge is -2.41. The molecule has 4 heterocycles. The van der Waals surface area contributed by atoms with E-state index >= 15 is 0 Å². The minimum absolute atomic E-state index is 0.0867. The van der Waals surface area contributed by atoms with Crippen molar-refractivity contribution >= 4 is 17.8 Å². The summed E-state index contributed by atoms with van der Waals surface area (Å²) in [5.41, 5.74) is -2.36. The molecule has 32 heavy (non-hydrogen) atoms. The van der Waals surface area contributed by atoms with Gasteiger partial charge >= 0.3 is 5.97 Å². The molecule has 8 nitrogen and oxygen atoms in total. The van der Waals surface area contributed by atoms with Crippen molar-refractivity contribution in [1.82, 2.24) is 9.80 Å². The third-order valence-electron chi connectivity index (χ3n) is 7.43. The normalized spacial score (nSPS) is 37.2. The van der Waals surface area contributed by atoms with Gasteiger partial charge in [0, 0.05) is 13.1 Å². The van der Waals surface area contributed by atoms with Gasteiger partial charge in [-0.2, -0.15) is 0 Å². The van der Waals surface area contributed by atoms with Crippen LogP contribution in [-0.4, -0.2) is 82.3 Å². The molecule has 0 aromatic rings. The number of carbonyl (C=O) groups excluding carboxylic acids is 3. The molecule has 1 spiro atoms. The number of esters is 1. The Morgan fingerprint density at radius 3 is 2.56 bits per heavy atom. The van der Waals surface area contributed by atoms with Crippen LogP contribution in [0.4, 0.5) is 0 Å². The van der Waals surface area contributed by atoms with Crippen molar-refractivity contribution in [2.24, 2.45) is 17.8 Å². The molecule has 4 aliphatic rings. The van der Waals surface area contributed by atoms with Crippen LogP contribution in [0.1, 0.15) is 40.5 Å². The summed E-state index contributed by atoms with van der Waals surface area (Å²) < 4.78 is 12.0. The molecule has 0 aliphatic carbocycles. The number of cyclic esters (lactones) is 1. The molecule has 0 bridgehead atoms. The van der Waals surface area contributed by atoms with Crippen LogP contribution in [0.2, 0.25) is 0 Å². The van der Waals surface area contributed by atoms with Gasteiger partial charge in [0.25, 0.3) is 0 Å². The minimum Gasteiger partial charge on any atom is -0.461 e. The number of unbranched alkanes of at least 4 members (excludes halogenated alkanes) is 1. The number of nitrogens with zero attached hydrogens (tertiary/aromatic N) is 2. The summed E-state index contributed by atoms with van der Waals surface area (Å²) in [4.78, 5) is 44.2. The zero-order valence-corrected chi connectivity index (χ0v) is 19.3. The molecular formula is C24H34N2O6. The summed E-state index contributed by atoms with van der Waals surface area (Å²) in [6, 6.07) is -1.51. The highest BCUT2D eigenvalue weighted by molar-refractivity contribution is 5.99. The quantitative estimate of drug-likeness (QED) is 0.488. The zero-order chi connectivity index (χ0) is 23.3. The summed E-state index contributed by atoms with van der Waals surface area (Å²) >= 11 is 0. The number of aliphatic hydroxyl groups excluding tert-OH is 1. The van der Waals surface area contributed by atoms with Crippen LogP contribution < -0.4 is 0 Å². The van der Waals surface area contributed by atoms with Crippen LogP contribution >= 0.6 is 0 Å². The van der Waals surface area contributed by atoms with Crippen LogP contribution in [-0.2, 0) is 23.9 Å². The lowest BCUT2D eigenvalue weighted by atomic mass is 9.75. The maximum absolute atomic E-state index is 14.0. The van der Waals surface area contributed by atoms with E-state index in [0.29, 0.717) is 13.1 Å². The predicted molar refractivity (Wildman–Crippen MR) is 116 cm³/mol. The monoisotopic (exact) mass is 446 g/mol. The molecule has 176 valence electrons. The molecule has 2 amide bonds. The Balaban J connectivity index is 1.88. The summed E-state index contributed by atoms with van der Waals surface area (Å²) in [5, 5.41) is 10.2. The van der Waals surface area contributed by atoms with Crippen LogP contribution in [0.25, 0.3) is 0 Å². The highest BCUT2D eigenvalue weighted by atomic mass is 16.6. The van der Waals surface area contributed by atoms with E-state index in [0.717, 1.165) is 12.8 Å². The van der Waals surface area contributed by atoms with Gasteiger partial charge in [0.15, 0.2) is 0 Å². The molecule has 2 saturated heterocycles. The SMILES string of the molecule is CCCCN1CC=C[C@]23O[C@@]4(C)C=CCOC(=O)[C@H]4[C@H]2C(=O)N([C@@H](CO)C(C)C)C3C1=O. The molecule has 0 aromatic carbocycles. The van der Waals surface area contributed by atoms with Gasteiger partial charge in [-0.15, -0.1) is 0 Å². The predicted octanol–water partition coefficient (Wildman–Crippen LogP) is 1.29. The molecule has 0 aromatic heterocycles. The van der Waals surface area contributed by atoms with Crippen molar-refractivity contribution in [2.75, 3.05) is 26.3 Å². The van der Waals surface area contributed by atoms with E-state index in [2.05, 4.69) is 6.92 Å². The van der Waals surface area contributed by atoms with Gasteiger partial charge in [-0.3, -0.25) is 14.4 Å². The molecule has 6 atom stereocenters. The Hall–Kier alpha value is -2.19. The van der Waals surface area contributed by atoms with E-state index in [1.165, 1.54) is 4.90 Å². The second kappa shape index (κ2) is 8.30. The fraction of sp³-hybridized carbons (Fsp3) is 0.708. The lowest BCUT2D eigenvalue weighted by Crippen LogP contribution is -2.59. The van der Waals surface area contributed by atoms with Gasteiger partial charge in [-0.05, 0) is 25.3 Å². The van der Waals surface area contributed by atoms with E-state index in [-0.39, 0.29) is 30.9 Å². The summed E-state index contributed by atoms with van der Waals surface area (Å²) in [7, 11) is 0. The van der Waals surface area contributed by atoms with E-state index < -0.39 is 41.1 Å². The number of rotatable bonds is 6. The van der Waals surface area contributed by atoms with Gasteiger partial charge in [-0.25, -0.2) is 0 Å². The Bertz CT molecular complexity index is 853. The largest absolute Gasteiger partial charge is 0.461 e. The fourth-order valence-electron chi connectivity index (χ4n) is 5.87. The van der Waals surface area contributed by atoms with Gasteiger partial charge in [-0.1, -0.05) is 45.4 Å². The van der Waals surface area contributed by atoms with Gasteiger partial charge in [0.1, 0.15) is 24.2 Å². The van der Waals surface area contributed by atoms with Gasteiger partial charge in [0.05, 0.1) is 24.2 Å². The van der Waals surface area contributed by atoms with Crippen molar-refractivity contribution in [3.05, 3.63) is 24.3 Å². The van der Waals surface area contributed by atoms with E-state index in [1.54, 1.807) is 24.0 Å². The number of hydrogen-bond acceptors (Lipinski definition) is 6. The number of ether oxygens (including phenoxy) is 2. The number of aliphatic hydroxyl groups is 1. The van der Waals surface area contributed by atoms with Crippen molar-refractivity contribution < 1.29 is 29.0 Å². The van der Waals surface area contributed by atoms with Gasteiger partial charge < -0.3 is 24.4 Å². The molecule has 1 N–H and O–H groups in total. The van der Waals surface area contributed by atoms with Crippen LogP contribution in [0.15, 0.2) is 24.3 Å². The Morgan fingerprint density at radius 2 is 1.91 bits per heavy atom. The average molecular weight is 447 g/mol. The number of hydrogen-bond donors (Lipinski definition) is 1. The maximum atomic E-state index is 14.0. The van der Waals surface area contributed by atoms with Crippen LogP contribution in [0.5, 0.6) is 0 Å². The topological polar surface area (TPSA) is 96.4 Å². The number of amides is 2. The van der Waals surface area contributed by atoms with Crippen molar-refractivity contribution in [2.45, 2.75) is 63.8 Å². The number of fused-ring (bicyclic) bond motifs is 2. The minimum atomic E-state index is -1.29. The van der Waals surface area contributed by atoms with Gasteiger partial charge in [0.2, 0.25) is 11.8 Å². The molecule has 1 unspecified atom stereocenters. The Kier molecular flexibility index (Phi) is 5.96. The van der Waals surface area contributed by atoms with E-state index in [1.807, 2.05) is 26.0 Å². The van der Waals surface area contributed by atoms with Crippen molar-refractivity contribution in [3.63, 3.8) is 0 Å². The highest BCUT2D eigenvalue weighted by Gasteiger charge is 2.75. The number of likely N-dealkylation sites (tertiary alicyclic amines) is 1. The molecular weight excluding hydrogens is 412 g/mol. The first kappa shape index (κ1) is 23.0. The smallest absolute Gasteiger partial charge is 0.313 e. The second-order valence-electron chi connectivity index (χ2n) is 9.81. The molecule has 4 aliphatic heterocycles. The van der Waals surface area contributed by atoms with Crippen LogP contribution in [0.3, 0.4) is 0 Å². The third-order valence-corrected chi connectivity index (χ3v) is 7.43. The first-order valence-corrected chi connectivity index (χ1v) is 11.7. The maximum Gasteiger partial charge on any atom is 0.313 e.